The number of nitrogens with zero attached hydrogens (tertiary/aromatic N) is 1. The third-order valence-corrected chi connectivity index (χ3v) is 10.3. The van der Waals surface area contributed by atoms with E-state index in [0.717, 1.165) is 54.4 Å². The van der Waals surface area contributed by atoms with Gasteiger partial charge in [-0.3, -0.25) is 4.99 Å². The van der Waals surface area contributed by atoms with Crippen LogP contribution in [0.4, 0.5) is 0 Å². The molecule has 6 nitrogen and oxygen atoms in total. The second kappa shape index (κ2) is 13.3. The van der Waals surface area contributed by atoms with E-state index in [2.05, 4.69) is 32.9 Å². The summed E-state index contributed by atoms with van der Waals surface area (Å²) in [6.07, 6.45) is 8.21. The monoisotopic (exact) mass is 496 g/mol. The molecule has 2 atom stereocenters. The quantitative estimate of drug-likeness (QED) is 0.243. The van der Waals surface area contributed by atoms with Crippen molar-refractivity contribution in [3.63, 3.8) is 0 Å². The third-order valence-electron chi connectivity index (χ3n) is 6.43. The average Bonchev–Trinajstić information content (AvgIpc) is 2.79. The molecule has 0 heterocycles. The summed E-state index contributed by atoms with van der Waals surface area (Å²) >= 11 is 1.92. The number of aliphatic imine (C=N–C) groups is 1. The first-order valence-corrected chi connectivity index (χ1v) is 15.1. The van der Waals surface area contributed by atoms with Gasteiger partial charge in [0.2, 0.25) is 0 Å². The predicted octanol–water partition coefficient (Wildman–Crippen LogP) is 4.92. The second-order valence-electron chi connectivity index (χ2n) is 9.89. The summed E-state index contributed by atoms with van der Waals surface area (Å²) < 4.78 is 16.5. The van der Waals surface area contributed by atoms with E-state index >= 15 is 0 Å². The highest BCUT2D eigenvalue weighted by Gasteiger charge is 2.36. The van der Waals surface area contributed by atoms with Crippen LogP contribution in [0.1, 0.15) is 69.6 Å². The highest BCUT2D eigenvalue weighted by atomic mass is 32.2. The Balaban J connectivity index is 2.02. The highest BCUT2D eigenvalue weighted by molar-refractivity contribution is 7.99. The minimum Gasteiger partial charge on any atom is -0.507 e. The molecule has 1 saturated carbocycles. The van der Waals surface area contributed by atoms with Gasteiger partial charge >= 0.3 is 8.80 Å². The number of aromatic hydroxyl groups is 1. The fourth-order valence-electron chi connectivity index (χ4n) is 4.27. The van der Waals surface area contributed by atoms with E-state index in [4.69, 9.17) is 24.0 Å². The Bertz CT molecular complexity index is 757. The summed E-state index contributed by atoms with van der Waals surface area (Å²) in [7, 11) is 2.50. The molecule has 1 aromatic rings. The second-order valence-corrected chi connectivity index (χ2v) is 14.2. The first kappa shape index (κ1) is 28.3. The molecule has 0 aliphatic heterocycles. The molecule has 1 aliphatic carbocycles. The molecule has 0 saturated heterocycles. The van der Waals surface area contributed by atoms with Crippen molar-refractivity contribution in [3.8, 4) is 5.75 Å². The van der Waals surface area contributed by atoms with E-state index < -0.39 is 8.80 Å². The summed E-state index contributed by atoms with van der Waals surface area (Å²) in [4.78, 5) is 4.78. The van der Waals surface area contributed by atoms with Crippen LogP contribution in [0.15, 0.2) is 17.1 Å². The van der Waals surface area contributed by atoms with Crippen LogP contribution in [0.5, 0.6) is 5.75 Å². The molecule has 1 fully saturated rings. The van der Waals surface area contributed by atoms with Crippen LogP contribution in [0.25, 0.3) is 0 Å². The van der Waals surface area contributed by atoms with Gasteiger partial charge in [0.05, 0.1) is 6.04 Å². The Labute approximate surface area is 206 Å². The number of benzene rings is 1. The zero-order chi connectivity index (χ0) is 24.5. The maximum atomic E-state index is 11.0. The largest absolute Gasteiger partial charge is 0.507 e. The Morgan fingerprint density at radius 3 is 2.39 bits per heavy atom. The molecule has 0 aromatic heterocycles. The Morgan fingerprint density at radius 2 is 1.79 bits per heavy atom. The van der Waals surface area contributed by atoms with Gasteiger partial charge in [0.25, 0.3) is 0 Å². The van der Waals surface area contributed by atoms with Gasteiger partial charge in [0.1, 0.15) is 5.75 Å². The summed E-state index contributed by atoms with van der Waals surface area (Å²) in [6, 6.07) is 5.33. The van der Waals surface area contributed by atoms with E-state index in [1.165, 1.54) is 18.4 Å². The molecule has 1 aliphatic rings. The Hall–Kier alpha value is -0.903. The third kappa shape index (κ3) is 8.37. The van der Waals surface area contributed by atoms with Crippen LogP contribution < -0.4 is 5.73 Å². The van der Waals surface area contributed by atoms with Crippen LogP contribution in [0.2, 0.25) is 6.04 Å². The standard InChI is InChI=1S/C25H44N2O4SSi/c1-25(2,3)21-17-19(12-14-32-13-9-15-33(29-4,30-5)31-6)16-20(24(21)28)18-27-23-11-8-7-10-22(23)26/h16-18,22-23,28H,7-15,26H2,1-6H3/t22-,23-/m1/s1. The number of nitrogens with two attached hydrogens (primary N) is 1. The molecule has 33 heavy (non-hydrogen) atoms. The molecule has 0 amide bonds. The Morgan fingerprint density at radius 1 is 1.12 bits per heavy atom. The minimum absolute atomic E-state index is 0.120. The van der Waals surface area contributed by atoms with Crippen molar-refractivity contribution in [1.29, 1.82) is 0 Å². The fourth-order valence-corrected chi connectivity index (χ4v) is 7.18. The van der Waals surface area contributed by atoms with Crippen LogP contribution >= 0.6 is 11.8 Å². The van der Waals surface area contributed by atoms with Crippen LogP contribution in [-0.4, -0.2) is 65.0 Å². The normalized spacial score (nSPS) is 20.0. The predicted molar refractivity (Wildman–Crippen MR) is 142 cm³/mol. The first-order valence-electron chi connectivity index (χ1n) is 12.0. The van der Waals surface area contributed by atoms with Crippen molar-refractivity contribution >= 4 is 26.8 Å². The molecular weight excluding hydrogens is 452 g/mol. The van der Waals surface area contributed by atoms with Crippen molar-refractivity contribution in [1.82, 2.24) is 0 Å². The van der Waals surface area contributed by atoms with Gasteiger partial charge in [-0.15, -0.1) is 0 Å². The smallest absolute Gasteiger partial charge is 0.500 e. The lowest BCUT2D eigenvalue weighted by atomic mass is 9.84. The van der Waals surface area contributed by atoms with Crippen molar-refractivity contribution in [2.45, 2.75) is 82.8 Å². The van der Waals surface area contributed by atoms with Crippen molar-refractivity contribution in [2.24, 2.45) is 10.7 Å². The molecule has 8 heteroatoms. The maximum absolute atomic E-state index is 11.0. The summed E-state index contributed by atoms with van der Waals surface area (Å²) in [5.74, 6) is 2.38. The van der Waals surface area contributed by atoms with Crippen molar-refractivity contribution < 1.29 is 18.4 Å². The van der Waals surface area contributed by atoms with Gasteiger partial charge in [-0.1, -0.05) is 39.7 Å². The van der Waals surface area contributed by atoms with Crippen LogP contribution in [-0.2, 0) is 25.1 Å². The van der Waals surface area contributed by atoms with Crippen molar-refractivity contribution in [3.05, 3.63) is 28.8 Å². The van der Waals surface area contributed by atoms with Gasteiger partial charge in [0, 0.05) is 50.8 Å². The molecule has 3 N–H and O–H groups in total. The van der Waals surface area contributed by atoms with E-state index in [1.807, 2.05) is 18.0 Å². The number of hydrogen-bond donors (Lipinski definition) is 2. The van der Waals surface area contributed by atoms with Gasteiger partial charge in [-0.25, -0.2) is 0 Å². The van der Waals surface area contributed by atoms with Gasteiger partial charge in [0.15, 0.2) is 0 Å². The van der Waals surface area contributed by atoms with E-state index in [1.54, 1.807) is 21.3 Å². The molecule has 1 aromatic carbocycles. The lowest BCUT2D eigenvalue weighted by Crippen LogP contribution is -2.42. The number of thioether (sulfide) groups is 1. The van der Waals surface area contributed by atoms with E-state index in [9.17, 15) is 5.11 Å². The molecule has 0 unspecified atom stereocenters. The van der Waals surface area contributed by atoms with Crippen LogP contribution in [0.3, 0.4) is 0 Å². The maximum Gasteiger partial charge on any atom is 0.500 e. The number of phenolic OH excluding ortho intramolecular Hbond substituents is 1. The SMILES string of the molecule is CO[Si](CCCSCCc1cc(C=N[C@@H]2CCCC[C@H]2N)c(O)c(C(C)(C)C)c1)(OC)OC. The average molecular weight is 497 g/mol. The van der Waals surface area contributed by atoms with Gasteiger partial charge in [-0.05, 0) is 54.2 Å². The van der Waals surface area contributed by atoms with E-state index in [-0.39, 0.29) is 17.5 Å². The Kier molecular flexibility index (Phi) is 11.4. The van der Waals surface area contributed by atoms with Gasteiger partial charge < -0.3 is 24.1 Å². The molecular formula is C25H44N2O4SSi. The molecule has 0 radical (unpaired) electrons. The number of rotatable bonds is 12. The van der Waals surface area contributed by atoms with Gasteiger partial charge in [-0.2, -0.15) is 11.8 Å². The lowest BCUT2D eigenvalue weighted by molar-refractivity contribution is 0.123. The van der Waals surface area contributed by atoms with E-state index in [0.29, 0.717) is 5.75 Å². The molecule has 0 spiro atoms. The summed E-state index contributed by atoms with van der Waals surface area (Å²) in [6.45, 7) is 6.41. The molecule has 188 valence electrons. The zero-order valence-electron chi connectivity index (χ0n) is 21.4. The summed E-state index contributed by atoms with van der Waals surface area (Å²) in [5, 5.41) is 11.0. The number of phenols is 1. The fraction of sp³-hybridized carbons (Fsp3) is 0.720. The zero-order valence-corrected chi connectivity index (χ0v) is 23.2. The lowest BCUT2D eigenvalue weighted by Gasteiger charge is -2.25. The minimum atomic E-state index is -2.48. The first-order chi connectivity index (χ1) is 15.7. The van der Waals surface area contributed by atoms with Crippen molar-refractivity contribution in [2.75, 3.05) is 32.8 Å². The van der Waals surface area contributed by atoms with Crippen LogP contribution in [0, 0.1) is 0 Å². The topological polar surface area (TPSA) is 86.3 Å². The number of hydrogen-bond acceptors (Lipinski definition) is 7. The molecule has 0 bridgehead atoms. The highest BCUT2D eigenvalue weighted by Crippen LogP contribution is 2.34. The number of aryl methyl sites for hydroxylation is 1. The summed E-state index contributed by atoms with van der Waals surface area (Å²) in [5.41, 5.74) is 9.12. The molecule has 2 rings (SSSR count).